The standard InChI is InChI=1S/C59H87N4O10P/c1-8-9-10-11-12-13-14-15-16-17-18-19-20-21-22-26-41-68-43-44-69-56-55(73-74(71-42-27-39-60)63(46(2)3)47(4)5)53(72-57(56)62-40-38-54(64)61-58(62)65)45-70-59(48-28-24-23-25-29-48,49-30-34-51(66-6)35-31-49)50-32-36-52(67-7)37-33-50/h23-25,28-38,40,46-47,53,55-57H,8-22,26-27,41-45H2,1-7H3,(H,61,64,65)/t53-,55-,56-,57-,74?/m1/s1. The predicted molar refractivity (Wildman–Crippen MR) is 294 cm³/mol. The molecule has 4 aromatic rings. The zero-order valence-corrected chi connectivity index (χ0v) is 46.4. The highest BCUT2D eigenvalue weighted by molar-refractivity contribution is 7.44. The van der Waals surface area contributed by atoms with Crippen LogP contribution in [0.3, 0.4) is 0 Å². The molecule has 0 aliphatic carbocycles. The van der Waals surface area contributed by atoms with Gasteiger partial charge in [-0.05, 0) is 75.1 Å². The number of nitriles is 1. The maximum Gasteiger partial charge on any atom is 0.330 e. The minimum atomic E-state index is -1.84. The van der Waals surface area contributed by atoms with Crippen LogP contribution in [0.15, 0.2) is 101 Å². The Balaban J connectivity index is 1.37. The molecule has 15 heteroatoms. The van der Waals surface area contributed by atoms with Crippen molar-refractivity contribution in [1.82, 2.24) is 14.2 Å². The summed E-state index contributed by atoms with van der Waals surface area (Å²) in [6.07, 6.45) is 18.7. The fraction of sp³-hybridized carbons (Fsp3) is 0.610. The van der Waals surface area contributed by atoms with Gasteiger partial charge in [-0.2, -0.15) is 5.26 Å². The molecule has 1 aliphatic rings. The maximum absolute atomic E-state index is 13.7. The number of benzene rings is 3. The van der Waals surface area contributed by atoms with Crippen molar-refractivity contribution in [3.8, 4) is 17.6 Å². The average molecular weight is 1040 g/mol. The third kappa shape index (κ3) is 18.4. The van der Waals surface area contributed by atoms with Crippen LogP contribution in [0.5, 0.6) is 11.5 Å². The molecular weight excluding hydrogens is 956 g/mol. The topological polar surface area (TPSA) is 156 Å². The van der Waals surface area contributed by atoms with Gasteiger partial charge in [0.05, 0.1) is 53.1 Å². The zero-order chi connectivity index (χ0) is 53.0. The van der Waals surface area contributed by atoms with Crippen LogP contribution in [0.1, 0.15) is 167 Å². The smallest absolute Gasteiger partial charge is 0.330 e. The molecule has 5 rings (SSSR count). The number of hydrogen-bond donors (Lipinski definition) is 1. The van der Waals surface area contributed by atoms with Crippen molar-refractivity contribution >= 4 is 8.53 Å². The van der Waals surface area contributed by atoms with Crippen molar-refractivity contribution in [2.24, 2.45) is 0 Å². The summed E-state index contributed by atoms with van der Waals surface area (Å²) in [4.78, 5) is 28.5. The first-order valence-corrected chi connectivity index (χ1v) is 28.6. The van der Waals surface area contributed by atoms with E-state index in [1.807, 2.05) is 78.9 Å². The van der Waals surface area contributed by atoms with Crippen LogP contribution < -0.4 is 20.7 Å². The molecule has 14 nitrogen and oxygen atoms in total. The van der Waals surface area contributed by atoms with E-state index in [-0.39, 0.29) is 38.3 Å². The quantitative estimate of drug-likeness (QED) is 0.0258. The van der Waals surface area contributed by atoms with E-state index in [2.05, 4.69) is 50.3 Å². The van der Waals surface area contributed by atoms with Crippen molar-refractivity contribution in [3.63, 3.8) is 0 Å². The minimum Gasteiger partial charge on any atom is -0.497 e. The molecule has 0 amide bonds. The second kappa shape index (κ2) is 33.6. The summed E-state index contributed by atoms with van der Waals surface area (Å²) in [6, 6.07) is 29.0. The first-order valence-electron chi connectivity index (χ1n) is 27.5. The van der Waals surface area contributed by atoms with Gasteiger partial charge >= 0.3 is 5.69 Å². The lowest BCUT2D eigenvalue weighted by Crippen LogP contribution is -2.44. The molecule has 1 fully saturated rings. The lowest BCUT2D eigenvalue weighted by Gasteiger charge is -2.39. The number of H-pyrrole nitrogens is 1. The van der Waals surface area contributed by atoms with Gasteiger partial charge in [0.1, 0.15) is 35.4 Å². The second-order valence-electron chi connectivity index (χ2n) is 19.8. The van der Waals surface area contributed by atoms with Crippen molar-refractivity contribution in [2.75, 3.05) is 47.3 Å². The number of ether oxygens (including phenoxy) is 6. The molecule has 0 radical (unpaired) electrons. The van der Waals surface area contributed by atoms with Gasteiger partial charge in [-0.3, -0.25) is 14.3 Å². The Morgan fingerprint density at radius 3 is 1.70 bits per heavy atom. The largest absolute Gasteiger partial charge is 0.497 e. The Kier molecular flexibility index (Phi) is 27.4. The number of rotatable bonds is 38. The number of unbranched alkanes of at least 4 members (excludes halogenated alkanes) is 15. The zero-order valence-electron chi connectivity index (χ0n) is 45.6. The monoisotopic (exact) mass is 1040 g/mol. The third-order valence-corrected chi connectivity index (χ3v) is 15.7. The molecule has 0 spiro atoms. The van der Waals surface area contributed by atoms with Crippen LogP contribution in [0.4, 0.5) is 0 Å². The normalized spacial score (nSPS) is 17.3. The highest BCUT2D eigenvalue weighted by atomic mass is 31.2. The molecule has 2 heterocycles. The van der Waals surface area contributed by atoms with Crippen molar-refractivity contribution in [1.29, 1.82) is 5.26 Å². The first kappa shape index (κ1) is 60.4. The van der Waals surface area contributed by atoms with Crippen molar-refractivity contribution in [2.45, 2.75) is 186 Å². The molecule has 3 aromatic carbocycles. The fourth-order valence-corrected chi connectivity index (χ4v) is 11.5. The molecule has 1 aromatic heterocycles. The van der Waals surface area contributed by atoms with E-state index in [0.717, 1.165) is 29.5 Å². The van der Waals surface area contributed by atoms with Gasteiger partial charge in [-0.1, -0.05) is 158 Å². The minimum absolute atomic E-state index is 0.00832. The van der Waals surface area contributed by atoms with E-state index in [9.17, 15) is 14.9 Å². The summed E-state index contributed by atoms with van der Waals surface area (Å²) in [5.74, 6) is 1.37. The Labute approximate surface area is 443 Å². The third-order valence-electron chi connectivity index (χ3n) is 13.6. The lowest BCUT2D eigenvalue weighted by atomic mass is 9.80. The number of hydrogen-bond acceptors (Lipinski definition) is 12. The summed E-state index contributed by atoms with van der Waals surface area (Å²) in [6.45, 7) is 11.7. The number of nitrogens with zero attached hydrogens (tertiary/aromatic N) is 3. The van der Waals surface area contributed by atoms with Gasteiger partial charge in [-0.15, -0.1) is 0 Å². The van der Waals surface area contributed by atoms with Crippen LogP contribution in [0.25, 0.3) is 0 Å². The summed E-state index contributed by atoms with van der Waals surface area (Å²) in [5.41, 5.74) is 0.0722. The van der Waals surface area contributed by atoms with Crippen LogP contribution in [0, 0.1) is 11.3 Å². The fourth-order valence-electron chi connectivity index (χ4n) is 9.78. The van der Waals surface area contributed by atoms with Gasteiger partial charge in [0.2, 0.25) is 0 Å². The molecular formula is C59H87N4O10P. The van der Waals surface area contributed by atoms with Crippen molar-refractivity contribution in [3.05, 3.63) is 129 Å². The summed E-state index contributed by atoms with van der Waals surface area (Å²) >= 11 is 0. The molecule has 1 N–H and O–H groups in total. The first-order chi connectivity index (χ1) is 36.1. The van der Waals surface area contributed by atoms with E-state index in [0.29, 0.717) is 24.7 Å². The van der Waals surface area contributed by atoms with Gasteiger partial charge in [0.25, 0.3) is 14.1 Å². The van der Waals surface area contributed by atoms with E-state index in [4.69, 9.17) is 37.5 Å². The molecule has 0 saturated carbocycles. The van der Waals surface area contributed by atoms with Crippen LogP contribution in [0.2, 0.25) is 0 Å². The summed E-state index contributed by atoms with van der Waals surface area (Å²) in [7, 11) is 1.42. The summed E-state index contributed by atoms with van der Waals surface area (Å²) in [5, 5.41) is 9.57. The van der Waals surface area contributed by atoms with Gasteiger partial charge in [0, 0.05) is 31.0 Å². The van der Waals surface area contributed by atoms with E-state index < -0.39 is 49.9 Å². The number of aromatic amines is 1. The molecule has 0 bridgehead atoms. The molecule has 74 heavy (non-hydrogen) atoms. The van der Waals surface area contributed by atoms with E-state index in [1.54, 1.807) is 14.2 Å². The average Bonchev–Trinajstić information content (AvgIpc) is 3.74. The van der Waals surface area contributed by atoms with Crippen LogP contribution in [-0.4, -0.2) is 91.9 Å². The predicted octanol–water partition coefficient (Wildman–Crippen LogP) is 12.8. The highest BCUT2D eigenvalue weighted by Gasteiger charge is 2.51. The molecule has 1 unspecified atom stereocenters. The molecule has 5 atom stereocenters. The van der Waals surface area contributed by atoms with Gasteiger partial charge in [0.15, 0.2) is 6.23 Å². The van der Waals surface area contributed by atoms with Crippen LogP contribution in [-0.2, 0) is 33.6 Å². The Morgan fingerprint density at radius 1 is 0.676 bits per heavy atom. The number of nitrogens with one attached hydrogen (secondary N) is 1. The maximum atomic E-state index is 13.7. The lowest BCUT2D eigenvalue weighted by molar-refractivity contribution is -0.0997. The SMILES string of the molecule is CCCCCCCCCCCCCCCCCCOCCO[C@@H]1[C@H](OP(OCCC#N)N(C(C)C)C(C)C)[C@@H](COC(c2ccccc2)(c2ccc(OC)cc2)c2ccc(OC)cc2)O[C@H]1n1ccc(=O)[nH]c1=O. The molecule has 1 aliphatic heterocycles. The number of methoxy groups -OCH3 is 2. The molecule has 408 valence electrons. The Morgan fingerprint density at radius 2 is 1.20 bits per heavy atom. The van der Waals surface area contributed by atoms with Gasteiger partial charge < -0.3 is 37.5 Å². The summed E-state index contributed by atoms with van der Waals surface area (Å²) < 4.78 is 55.6. The molecule has 1 saturated heterocycles. The van der Waals surface area contributed by atoms with Crippen LogP contribution >= 0.6 is 8.53 Å². The number of aromatic nitrogens is 2. The van der Waals surface area contributed by atoms with E-state index >= 15 is 0 Å². The van der Waals surface area contributed by atoms with Gasteiger partial charge in [-0.25, -0.2) is 9.46 Å². The highest BCUT2D eigenvalue weighted by Crippen LogP contribution is 2.51. The Bertz CT molecular complexity index is 2230. The second-order valence-corrected chi connectivity index (χ2v) is 21.2. The van der Waals surface area contributed by atoms with Crippen molar-refractivity contribution < 1.29 is 37.5 Å². The Hall–Kier alpha value is -4.42. The van der Waals surface area contributed by atoms with E-state index in [1.165, 1.54) is 107 Å².